The van der Waals surface area contributed by atoms with E-state index < -0.39 is 0 Å². The first-order valence-corrected chi connectivity index (χ1v) is 7.51. The van der Waals surface area contributed by atoms with Crippen molar-refractivity contribution in [1.29, 1.82) is 0 Å². The molecule has 0 amide bonds. The van der Waals surface area contributed by atoms with E-state index in [0.717, 1.165) is 6.42 Å². The van der Waals surface area contributed by atoms with Gasteiger partial charge in [-0.2, -0.15) is 0 Å². The molecule has 2 aromatic rings. The minimum atomic E-state index is 0.262. The van der Waals surface area contributed by atoms with Gasteiger partial charge < -0.3 is 0 Å². The molecule has 18 heavy (non-hydrogen) atoms. The van der Waals surface area contributed by atoms with E-state index in [0.29, 0.717) is 4.83 Å². The second-order valence-corrected chi connectivity index (χ2v) is 6.64. The number of aryl methyl sites for hydroxylation is 1. The quantitative estimate of drug-likeness (QED) is 0.608. The largest absolute Gasteiger partial charge is 0.0833 e. The SMILES string of the molecule is CCC(C)(C)C(Br)c1ccc(C)c2ccccc12. The summed E-state index contributed by atoms with van der Waals surface area (Å²) in [5.74, 6) is 0. The molecule has 1 unspecified atom stereocenters. The molecule has 1 atom stereocenters. The van der Waals surface area contributed by atoms with Gasteiger partial charge in [0.2, 0.25) is 0 Å². The summed E-state index contributed by atoms with van der Waals surface area (Å²) >= 11 is 3.91. The van der Waals surface area contributed by atoms with Crippen LogP contribution in [0.5, 0.6) is 0 Å². The maximum Gasteiger partial charge on any atom is 0.0452 e. The zero-order valence-electron chi connectivity index (χ0n) is 11.6. The van der Waals surface area contributed by atoms with Crippen molar-refractivity contribution in [3.63, 3.8) is 0 Å². The van der Waals surface area contributed by atoms with E-state index in [1.54, 1.807) is 0 Å². The lowest BCUT2D eigenvalue weighted by atomic mass is 9.81. The van der Waals surface area contributed by atoms with Gasteiger partial charge in [-0.1, -0.05) is 73.1 Å². The molecule has 0 nitrogen and oxygen atoms in total. The van der Waals surface area contributed by atoms with Gasteiger partial charge >= 0.3 is 0 Å². The fourth-order valence-corrected chi connectivity index (χ4v) is 3.02. The first-order chi connectivity index (χ1) is 8.47. The van der Waals surface area contributed by atoms with E-state index in [-0.39, 0.29) is 5.41 Å². The van der Waals surface area contributed by atoms with Crippen LogP contribution in [-0.4, -0.2) is 0 Å². The number of hydrogen-bond donors (Lipinski definition) is 0. The monoisotopic (exact) mass is 304 g/mol. The first kappa shape index (κ1) is 13.6. The normalized spacial score (nSPS) is 13.8. The van der Waals surface area contributed by atoms with Crippen LogP contribution in [0.4, 0.5) is 0 Å². The highest BCUT2D eigenvalue weighted by atomic mass is 79.9. The molecule has 0 N–H and O–H groups in total. The summed E-state index contributed by atoms with van der Waals surface area (Å²) in [6.45, 7) is 9.08. The van der Waals surface area contributed by atoms with Crippen LogP contribution in [0.3, 0.4) is 0 Å². The summed E-state index contributed by atoms with van der Waals surface area (Å²) in [5, 5.41) is 2.74. The molecule has 0 radical (unpaired) electrons. The Morgan fingerprint density at radius 1 is 1.06 bits per heavy atom. The Bertz CT molecular complexity index is 555. The van der Waals surface area contributed by atoms with Crippen LogP contribution < -0.4 is 0 Å². The molecule has 0 aromatic heterocycles. The van der Waals surface area contributed by atoms with Crippen LogP contribution in [0.15, 0.2) is 36.4 Å². The molecule has 0 heterocycles. The Balaban J connectivity index is 2.62. The molecule has 2 rings (SSSR count). The van der Waals surface area contributed by atoms with Crippen LogP contribution in [0.2, 0.25) is 0 Å². The Labute approximate surface area is 119 Å². The summed E-state index contributed by atoms with van der Waals surface area (Å²) in [6.07, 6.45) is 1.16. The molecular weight excluding hydrogens is 284 g/mol. The van der Waals surface area contributed by atoms with E-state index in [1.165, 1.54) is 21.9 Å². The molecule has 0 saturated carbocycles. The summed E-state index contributed by atoms with van der Waals surface area (Å²) in [6, 6.07) is 13.2. The predicted molar refractivity (Wildman–Crippen MR) is 84.4 cm³/mol. The molecule has 0 aliphatic heterocycles. The van der Waals surface area contributed by atoms with Gasteiger partial charge in [0.1, 0.15) is 0 Å². The van der Waals surface area contributed by atoms with Crippen LogP contribution in [-0.2, 0) is 0 Å². The lowest BCUT2D eigenvalue weighted by molar-refractivity contribution is 0.347. The number of fused-ring (bicyclic) bond motifs is 1. The van der Waals surface area contributed by atoms with E-state index in [1.807, 2.05) is 0 Å². The zero-order chi connectivity index (χ0) is 13.3. The third kappa shape index (κ3) is 2.33. The van der Waals surface area contributed by atoms with E-state index >= 15 is 0 Å². The van der Waals surface area contributed by atoms with Crippen LogP contribution >= 0.6 is 15.9 Å². The third-order valence-corrected chi connectivity index (χ3v) is 5.78. The number of benzene rings is 2. The van der Waals surface area contributed by atoms with Crippen LogP contribution in [0.25, 0.3) is 10.8 Å². The van der Waals surface area contributed by atoms with Crippen molar-refractivity contribution in [2.45, 2.75) is 38.9 Å². The highest BCUT2D eigenvalue weighted by Gasteiger charge is 2.27. The Hall–Kier alpha value is -0.820. The number of alkyl halides is 1. The topological polar surface area (TPSA) is 0 Å². The lowest BCUT2D eigenvalue weighted by Gasteiger charge is -2.30. The average Bonchev–Trinajstić information content (AvgIpc) is 2.39. The fraction of sp³-hybridized carbons (Fsp3) is 0.412. The van der Waals surface area contributed by atoms with Gasteiger partial charge in [0.25, 0.3) is 0 Å². The lowest BCUT2D eigenvalue weighted by Crippen LogP contribution is -2.16. The third-order valence-electron chi connectivity index (χ3n) is 4.05. The maximum atomic E-state index is 3.91. The summed E-state index contributed by atoms with van der Waals surface area (Å²) in [7, 11) is 0. The maximum absolute atomic E-state index is 3.91. The molecule has 0 fully saturated rings. The molecule has 96 valence electrons. The second kappa shape index (κ2) is 5.05. The fourth-order valence-electron chi connectivity index (χ4n) is 2.29. The molecule has 0 aliphatic rings. The molecule has 0 spiro atoms. The molecule has 0 aliphatic carbocycles. The Kier molecular flexibility index (Phi) is 3.82. The minimum absolute atomic E-state index is 0.262. The number of halogens is 1. The standard InChI is InChI=1S/C17H21Br/c1-5-17(3,4)16(18)15-11-10-12(2)13-8-6-7-9-14(13)15/h6-11,16H,5H2,1-4H3. The van der Waals surface area contributed by atoms with Crippen LogP contribution in [0, 0.1) is 12.3 Å². The minimum Gasteiger partial charge on any atom is -0.0833 e. The van der Waals surface area contributed by atoms with Crippen molar-refractivity contribution in [3.8, 4) is 0 Å². The summed E-state index contributed by atoms with van der Waals surface area (Å²) in [5.41, 5.74) is 3.02. The molecule has 1 heteroatoms. The van der Waals surface area contributed by atoms with Gasteiger partial charge in [-0.05, 0) is 40.7 Å². The number of hydrogen-bond acceptors (Lipinski definition) is 0. The Morgan fingerprint density at radius 2 is 1.67 bits per heavy atom. The van der Waals surface area contributed by atoms with Gasteiger partial charge in [-0.25, -0.2) is 0 Å². The van der Waals surface area contributed by atoms with Gasteiger partial charge in [0, 0.05) is 4.83 Å². The summed E-state index contributed by atoms with van der Waals surface area (Å²) in [4.78, 5) is 0.389. The van der Waals surface area contributed by atoms with E-state index in [2.05, 4.69) is 80.0 Å². The van der Waals surface area contributed by atoms with E-state index in [4.69, 9.17) is 0 Å². The van der Waals surface area contributed by atoms with Gasteiger partial charge in [0.05, 0.1) is 0 Å². The molecule has 0 bridgehead atoms. The molecule has 2 aromatic carbocycles. The van der Waals surface area contributed by atoms with Crippen molar-refractivity contribution in [2.75, 3.05) is 0 Å². The zero-order valence-corrected chi connectivity index (χ0v) is 13.2. The molecular formula is C17H21Br. The van der Waals surface area contributed by atoms with Crippen molar-refractivity contribution < 1.29 is 0 Å². The number of rotatable bonds is 3. The van der Waals surface area contributed by atoms with Gasteiger partial charge in [-0.15, -0.1) is 0 Å². The van der Waals surface area contributed by atoms with Crippen molar-refractivity contribution in [2.24, 2.45) is 5.41 Å². The van der Waals surface area contributed by atoms with Gasteiger partial charge in [-0.3, -0.25) is 0 Å². The smallest absolute Gasteiger partial charge is 0.0452 e. The second-order valence-electron chi connectivity index (χ2n) is 5.72. The summed E-state index contributed by atoms with van der Waals surface area (Å²) < 4.78 is 0. The highest BCUT2D eigenvalue weighted by Crippen LogP contribution is 2.45. The van der Waals surface area contributed by atoms with Gasteiger partial charge in [0.15, 0.2) is 0 Å². The molecule has 0 saturated heterocycles. The van der Waals surface area contributed by atoms with Crippen molar-refractivity contribution in [3.05, 3.63) is 47.5 Å². The average molecular weight is 305 g/mol. The van der Waals surface area contributed by atoms with Crippen LogP contribution in [0.1, 0.15) is 43.1 Å². The van der Waals surface area contributed by atoms with E-state index in [9.17, 15) is 0 Å². The predicted octanol–water partition coefficient (Wildman–Crippen LogP) is 6.02. The van der Waals surface area contributed by atoms with Crippen molar-refractivity contribution in [1.82, 2.24) is 0 Å². The highest BCUT2D eigenvalue weighted by molar-refractivity contribution is 9.09. The van der Waals surface area contributed by atoms with Crippen molar-refractivity contribution >= 4 is 26.7 Å². The Morgan fingerprint density at radius 3 is 2.28 bits per heavy atom. The first-order valence-electron chi connectivity index (χ1n) is 6.59.